The van der Waals surface area contributed by atoms with Gasteiger partial charge >= 0.3 is 0 Å². The average molecular weight is 398 g/mol. The zero-order valence-electron chi connectivity index (χ0n) is 14.6. The number of nitriles is 1. The number of halogens is 1. The van der Waals surface area contributed by atoms with E-state index < -0.39 is 22.9 Å². The highest BCUT2D eigenvalue weighted by molar-refractivity contribution is 7.77. The largest absolute Gasteiger partial charge is 0.294 e. The number of rotatable bonds is 7. The number of aryl methyl sites for hydroxylation is 1. The molecule has 0 amide bonds. The van der Waals surface area contributed by atoms with Gasteiger partial charge in [-0.3, -0.25) is 14.3 Å². The normalized spacial score (nSPS) is 11.9. The highest BCUT2D eigenvalue weighted by Crippen LogP contribution is 2.20. The van der Waals surface area contributed by atoms with Gasteiger partial charge in [0.05, 0.1) is 22.8 Å². The minimum Gasteiger partial charge on any atom is -0.294 e. The number of benzene rings is 2. The molecule has 0 fully saturated rings. The van der Waals surface area contributed by atoms with Crippen LogP contribution in [0.25, 0.3) is 11.0 Å². The molecule has 2 N–H and O–H groups in total. The van der Waals surface area contributed by atoms with Crippen LogP contribution in [0.4, 0.5) is 4.39 Å². The maximum atomic E-state index is 14.8. The molecule has 0 aliphatic heterocycles. The van der Waals surface area contributed by atoms with Crippen LogP contribution < -0.4 is 4.72 Å². The molecule has 7 nitrogen and oxygen atoms in total. The van der Waals surface area contributed by atoms with Gasteiger partial charge in [-0.25, -0.2) is 18.3 Å². The van der Waals surface area contributed by atoms with Crippen molar-refractivity contribution < 1.29 is 17.9 Å². The summed E-state index contributed by atoms with van der Waals surface area (Å²) in [4.78, 5) is 21.0. The van der Waals surface area contributed by atoms with E-state index in [2.05, 4.69) is 14.7 Å². The molecule has 0 spiro atoms. The van der Waals surface area contributed by atoms with Gasteiger partial charge in [-0.1, -0.05) is 12.1 Å². The molecule has 0 saturated heterocycles. The van der Waals surface area contributed by atoms with Crippen molar-refractivity contribution in [3.8, 4) is 6.07 Å². The van der Waals surface area contributed by atoms with Crippen molar-refractivity contribution in [3.05, 3.63) is 70.8 Å². The molecule has 3 aromatic rings. The van der Waals surface area contributed by atoms with Crippen LogP contribution in [0.15, 0.2) is 42.6 Å². The molecule has 1 aromatic heterocycles. The Labute approximate surface area is 162 Å². The van der Waals surface area contributed by atoms with E-state index in [9.17, 15) is 13.4 Å². The van der Waals surface area contributed by atoms with E-state index in [1.165, 1.54) is 24.4 Å². The lowest BCUT2D eigenvalue weighted by Gasteiger charge is -2.08. The van der Waals surface area contributed by atoms with Gasteiger partial charge < -0.3 is 0 Å². The Morgan fingerprint density at radius 3 is 2.86 bits per heavy atom. The summed E-state index contributed by atoms with van der Waals surface area (Å²) in [5.41, 5.74) is 1.56. The Balaban J connectivity index is 1.86. The summed E-state index contributed by atoms with van der Waals surface area (Å²) < 4.78 is 36.4. The van der Waals surface area contributed by atoms with Gasteiger partial charge in [0, 0.05) is 12.1 Å². The fourth-order valence-electron chi connectivity index (χ4n) is 2.75. The summed E-state index contributed by atoms with van der Waals surface area (Å²) in [6.07, 6.45) is 2.09. The zero-order chi connectivity index (χ0) is 20.1. The van der Waals surface area contributed by atoms with Gasteiger partial charge in [-0.2, -0.15) is 5.26 Å². The molecule has 9 heteroatoms. The van der Waals surface area contributed by atoms with Crippen LogP contribution >= 0.6 is 0 Å². The van der Waals surface area contributed by atoms with Gasteiger partial charge in [-0.05, 0) is 42.7 Å². The average Bonchev–Trinajstić information content (AvgIpc) is 2.70. The Morgan fingerprint density at radius 1 is 1.29 bits per heavy atom. The second-order valence-corrected chi connectivity index (χ2v) is 6.71. The molecular weight excluding hydrogens is 383 g/mol. The molecule has 2 aromatic carbocycles. The quantitative estimate of drug-likeness (QED) is 0.359. The maximum absolute atomic E-state index is 14.8. The Hall–Kier alpha value is -3.06. The lowest BCUT2D eigenvalue weighted by Crippen LogP contribution is -2.18. The summed E-state index contributed by atoms with van der Waals surface area (Å²) in [6.45, 7) is 0.241. The summed E-state index contributed by atoms with van der Waals surface area (Å²) in [6, 6.07) is 11.1. The third-order valence-electron chi connectivity index (χ3n) is 4.09. The van der Waals surface area contributed by atoms with Crippen LogP contribution in [0.5, 0.6) is 0 Å². The van der Waals surface area contributed by atoms with Crippen molar-refractivity contribution in [2.45, 2.75) is 12.8 Å². The first-order valence-corrected chi connectivity index (χ1v) is 9.43. The topological polar surface area (TPSA) is 116 Å². The van der Waals surface area contributed by atoms with Crippen LogP contribution in [0, 0.1) is 17.1 Å². The number of fused-ring (bicyclic) bond motifs is 1. The second-order valence-electron chi connectivity index (χ2n) is 5.93. The van der Waals surface area contributed by atoms with Crippen molar-refractivity contribution in [1.82, 2.24) is 14.7 Å². The van der Waals surface area contributed by atoms with E-state index in [0.717, 1.165) is 0 Å². The Morgan fingerprint density at radius 2 is 2.11 bits per heavy atom. The minimum absolute atomic E-state index is 0.0695. The number of nitrogens with one attached hydrogen (secondary N) is 1. The van der Waals surface area contributed by atoms with Crippen LogP contribution in [-0.4, -0.2) is 31.1 Å². The monoisotopic (exact) mass is 398 g/mol. The molecule has 1 unspecified atom stereocenters. The molecular formula is C19H15FN4O3S. The third kappa shape index (κ3) is 4.43. The Kier molecular flexibility index (Phi) is 6.16. The van der Waals surface area contributed by atoms with Gasteiger partial charge in [0.25, 0.3) is 0 Å². The first-order chi connectivity index (χ1) is 13.5. The van der Waals surface area contributed by atoms with E-state index in [4.69, 9.17) is 9.81 Å². The van der Waals surface area contributed by atoms with Gasteiger partial charge in [0.1, 0.15) is 11.9 Å². The Bertz CT molecular complexity index is 1110. The number of hydrogen-bond donors (Lipinski definition) is 2. The number of carbonyl (C=O) groups excluding carboxylic acids is 1. The highest BCUT2D eigenvalue weighted by atomic mass is 32.2. The maximum Gasteiger partial charge on any atom is 0.231 e. The van der Waals surface area contributed by atoms with E-state index >= 15 is 0 Å². The predicted molar refractivity (Wildman–Crippen MR) is 101 cm³/mol. The van der Waals surface area contributed by atoms with E-state index in [0.29, 0.717) is 29.4 Å². The SMILES string of the molecule is N#Cc1cnc2ccc(C(=O)c3cccc(CCCNS(=O)O)c3F)cc2n1. The van der Waals surface area contributed by atoms with Crippen molar-refractivity contribution in [2.24, 2.45) is 0 Å². The number of nitrogens with zero attached hydrogens (tertiary/aromatic N) is 3. The van der Waals surface area contributed by atoms with Crippen LogP contribution in [0.2, 0.25) is 0 Å². The van der Waals surface area contributed by atoms with Crippen LogP contribution in [0.1, 0.15) is 33.6 Å². The third-order valence-corrected chi connectivity index (χ3v) is 4.54. The van der Waals surface area contributed by atoms with E-state index in [1.807, 2.05) is 6.07 Å². The van der Waals surface area contributed by atoms with Crippen LogP contribution in [0.3, 0.4) is 0 Å². The summed E-state index contributed by atoms with van der Waals surface area (Å²) >= 11 is -2.11. The standard InChI is InChI=1S/C19H15FN4O3S/c20-18-12(4-2-8-23-28(26)27)3-1-5-15(18)19(25)13-6-7-16-17(9-13)24-14(10-21)11-22-16/h1,3,5-7,9,11,23H,2,4,8H2,(H,26,27). The number of hydrogen-bond acceptors (Lipinski definition) is 5. The second kappa shape index (κ2) is 8.75. The molecule has 1 heterocycles. The lowest BCUT2D eigenvalue weighted by molar-refractivity contribution is 0.103. The molecule has 1 atom stereocenters. The minimum atomic E-state index is -2.11. The van der Waals surface area contributed by atoms with E-state index in [-0.39, 0.29) is 23.4 Å². The van der Waals surface area contributed by atoms with Crippen molar-refractivity contribution in [2.75, 3.05) is 6.54 Å². The summed E-state index contributed by atoms with van der Waals surface area (Å²) in [5, 5.41) is 8.94. The van der Waals surface area contributed by atoms with Gasteiger partial charge in [0.2, 0.25) is 11.3 Å². The number of ketones is 1. The van der Waals surface area contributed by atoms with Crippen molar-refractivity contribution in [3.63, 3.8) is 0 Å². The predicted octanol–water partition coefficient (Wildman–Crippen LogP) is 2.53. The van der Waals surface area contributed by atoms with E-state index in [1.54, 1.807) is 18.2 Å². The smallest absolute Gasteiger partial charge is 0.231 e. The molecule has 0 saturated carbocycles. The fraction of sp³-hybridized carbons (Fsp3) is 0.158. The van der Waals surface area contributed by atoms with Crippen LogP contribution in [-0.2, 0) is 17.7 Å². The molecule has 3 rings (SSSR count). The molecule has 0 aliphatic carbocycles. The fourth-order valence-corrected chi connectivity index (χ4v) is 3.07. The van der Waals surface area contributed by atoms with Crippen molar-refractivity contribution in [1.29, 1.82) is 5.26 Å². The highest BCUT2D eigenvalue weighted by Gasteiger charge is 2.17. The summed E-state index contributed by atoms with van der Waals surface area (Å²) in [5.74, 6) is -1.12. The lowest BCUT2D eigenvalue weighted by atomic mass is 9.98. The molecule has 0 radical (unpaired) electrons. The summed E-state index contributed by atoms with van der Waals surface area (Å²) in [7, 11) is 0. The first kappa shape index (κ1) is 19.7. The zero-order valence-corrected chi connectivity index (χ0v) is 15.4. The number of aromatic nitrogens is 2. The first-order valence-electron chi connectivity index (χ1n) is 8.33. The molecule has 28 heavy (non-hydrogen) atoms. The van der Waals surface area contributed by atoms with Gasteiger partial charge in [0.15, 0.2) is 11.5 Å². The molecule has 142 valence electrons. The van der Waals surface area contributed by atoms with Gasteiger partial charge in [-0.15, -0.1) is 0 Å². The van der Waals surface area contributed by atoms with Crippen molar-refractivity contribution >= 4 is 28.1 Å². The molecule has 0 aliphatic rings. The molecule has 0 bridgehead atoms. The number of carbonyl (C=O) groups is 1.